The molecule has 0 spiro atoms. The first kappa shape index (κ1) is 22.8. The number of hydrogen-bond acceptors (Lipinski definition) is 7. The molecule has 0 saturated carbocycles. The second-order valence-corrected chi connectivity index (χ2v) is 7.07. The fourth-order valence-electron chi connectivity index (χ4n) is 3.18. The summed E-state index contributed by atoms with van der Waals surface area (Å²) in [7, 11) is 0. The van der Waals surface area contributed by atoms with Gasteiger partial charge in [0.1, 0.15) is 18.3 Å². The molecule has 0 amide bonds. The summed E-state index contributed by atoms with van der Waals surface area (Å²) in [6.07, 6.45) is 6.05. The molecule has 0 radical (unpaired) electrons. The molecule has 0 aromatic rings. The Hall–Kier alpha value is -0.280. The van der Waals surface area contributed by atoms with Crippen LogP contribution in [0.25, 0.3) is 0 Å². The van der Waals surface area contributed by atoms with Gasteiger partial charge in [-0.25, -0.2) is 0 Å². The van der Waals surface area contributed by atoms with Crippen molar-refractivity contribution < 1.29 is 30.3 Å². The van der Waals surface area contributed by atoms with Crippen LogP contribution in [0.3, 0.4) is 0 Å². The molecule has 1 aliphatic heterocycles. The van der Waals surface area contributed by atoms with Gasteiger partial charge in [-0.3, -0.25) is 5.32 Å². The fraction of sp³-hybridized carbons (Fsp3) is 1.00. The first-order valence-corrected chi connectivity index (χ1v) is 9.76. The quantitative estimate of drug-likeness (QED) is 0.209. The lowest BCUT2D eigenvalue weighted by Crippen LogP contribution is -2.70. The van der Waals surface area contributed by atoms with E-state index in [9.17, 15) is 20.4 Å². The average Bonchev–Trinajstić information content (AvgIpc) is 2.61. The third kappa shape index (κ3) is 7.46. The third-order valence-corrected chi connectivity index (χ3v) is 4.87. The number of ether oxygens (including phenoxy) is 1. The molecular weight excluding hydrogens is 326 g/mol. The van der Waals surface area contributed by atoms with Crippen LogP contribution in [0.4, 0.5) is 0 Å². The summed E-state index contributed by atoms with van der Waals surface area (Å²) in [5.74, 6) is -2.16. The fourth-order valence-corrected chi connectivity index (χ4v) is 3.18. The Kier molecular flexibility index (Phi) is 11.1. The topological polar surface area (TPSA) is 122 Å². The number of rotatable bonds is 13. The van der Waals surface area contributed by atoms with Gasteiger partial charge in [0.25, 0.3) is 5.91 Å². The van der Waals surface area contributed by atoms with E-state index >= 15 is 0 Å². The number of nitrogens with one attached hydrogen (secondary N) is 1. The average molecular weight is 363 g/mol. The van der Waals surface area contributed by atoms with Crippen molar-refractivity contribution in [2.24, 2.45) is 0 Å². The SMILES string of the molecule is CCCCCCCCCCCCN[C@@]1(O)O[C@H](CO)[C@@H](O)[C@H](O)[C@H]1O. The van der Waals surface area contributed by atoms with Crippen LogP contribution >= 0.6 is 0 Å². The van der Waals surface area contributed by atoms with Gasteiger partial charge >= 0.3 is 0 Å². The van der Waals surface area contributed by atoms with Crippen molar-refractivity contribution in [2.75, 3.05) is 13.2 Å². The highest BCUT2D eigenvalue weighted by molar-refractivity contribution is 4.94. The Labute approximate surface area is 151 Å². The van der Waals surface area contributed by atoms with E-state index in [1.165, 1.54) is 44.9 Å². The predicted molar refractivity (Wildman–Crippen MR) is 94.8 cm³/mol. The minimum Gasteiger partial charge on any atom is -0.394 e. The molecule has 1 rings (SSSR count). The van der Waals surface area contributed by atoms with Crippen molar-refractivity contribution in [1.29, 1.82) is 0 Å². The van der Waals surface area contributed by atoms with Gasteiger partial charge in [-0.05, 0) is 6.42 Å². The van der Waals surface area contributed by atoms with E-state index in [-0.39, 0.29) is 0 Å². The first-order chi connectivity index (χ1) is 12.0. The Morgan fingerprint density at radius 2 is 1.36 bits per heavy atom. The number of aliphatic hydroxyl groups is 5. The molecule has 0 aromatic carbocycles. The van der Waals surface area contributed by atoms with Crippen LogP contribution in [0.5, 0.6) is 0 Å². The van der Waals surface area contributed by atoms with Gasteiger partial charge in [-0.15, -0.1) is 0 Å². The van der Waals surface area contributed by atoms with Crippen LogP contribution in [-0.2, 0) is 4.74 Å². The van der Waals surface area contributed by atoms with E-state index in [1.807, 2.05) is 0 Å². The van der Waals surface area contributed by atoms with E-state index in [0.717, 1.165) is 19.3 Å². The summed E-state index contributed by atoms with van der Waals surface area (Å²) in [6.45, 7) is 2.06. The number of hydrogen-bond donors (Lipinski definition) is 6. The molecular formula is C18H37NO6. The molecule has 7 nitrogen and oxygen atoms in total. The molecule has 150 valence electrons. The van der Waals surface area contributed by atoms with Crippen LogP contribution in [0.1, 0.15) is 71.1 Å². The molecule has 0 aromatic heterocycles. The lowest BCUT2D eigenvalue weighted by Gasteiger charge is -2.45. The summed E-state index contributed by atoms with van der Waals surface area (Å²) >= 11 is 0. The van der Waals surface area contributed by atoms with Crippen LogP contribution in [0.2, 0.25) is 0 Å². The molecule has 1 saturated heterocycles. The smallest absolute Gasteiger partial charge is 0.255 e. The molecule has 6 N–H and O–H groups in total. The number of aliphatic hydroxyl groups excluding tert-OH is 4. The Morgan fingerprint density at radius 1 is 0.840 bits per heavy atom. The summed E-state index contributed by atoms with van der Waals surface area (Å²) in [6, 6.07) is 0. The van der Waals surface area contributed by atoms with E-state index < -0.39 is 36.9 Å². The van der Waals surface area contributed by atoms with Crippen molar-refractivity contribution in [3.05, 3.63) is 0 Å². The Morgan fingerprint density at radius 3 is 1.88 bits per heavy atom. The minimum atomic E-state index is -2.16. The van der Waals surface area contributed by atoms with Crippen LogP contribution < -0.4 is 5.32 Å². The van der Waals surface area contributed by atoms with Crippen molar-refractivity contribution in [2.45, 2.75) is 101 Å². The molecule has 0 aliphatic carbocycles. The Balaban J connectivity index is 2.14. The lowest BCUT2D eigenvalue weighted by atomic mass is 9.96. The zero-order valence-electron chi connectivity index (χ0n) is 15.4. The molecule has 5 atom stereocenters. The third-order valence-electron chi connectivity index (χ3n) is 4.87. The molecule has 25 heavy (non-hydrogen) atoms. The summed E-state index contributed by atoms with van der Waals surface area (Å²) in [4.78, 5) is 0. The van der Waals surface area contributed by atoms with E-state index in [4.69, 9.17) is 9.84 Å². The first-order valence-electron chi connectivity index (χ1n) is 9.76. The molecule has 7 heteroatoms. The predicted octanol–water partition coefficient (Wildman–Crippen LogP) is 0.617. The maximum atomic E-state index is 10.3. The van der Waals surface area contributed by atoms with Gasteiger partial charge < -0.3 is 30.3 Å². The van der Waals surface area contributed by atoms with E-state index in [1.54, 1.807) is 0 Å². The second-order valence-electron chi connectivity index (χ2n) is 7.07. The second kappa shape index (κ2) is 12.2. The van der Waals surface area contributed by atoms with Crippen molar-refractivity contribution in [3.8, 4) is 0 Å². The zero-order valence-corrected chi connectivity index (χ0v) is 15.4. The van der Waals surface area contributed by atoms with E-state index in [2.05, 4.69) is 12.2 Å². The standard InChI is InChI=1S/C18H37NO6/c1-2-3-4-5-6-7-8-9-10-11-12-19-18(24)17(23)16(22)15(21)14(13-20)25-18/h14-17,19-24H,2-13H2,1H3/t14-,15-,16+,17-,18+/m1/s1. The van der Waals surface area contributed by atoms with Crippen molar-refractivity contribution in [1.82, 2.24) is 5.32 Å². The maximum absolute atomic E-state index is 10.3. The van der Waals surface area contributed by atoms with Crippen LogP contribution in [0.15, 0.2) is 0 Å². The molecule has 1 heterocycles. The zero-order chi connectivity index (χ0) is 18.7. The van der Waals surface area contributed by atoms with Gasteiger partial charge in [-0.2, -0.15) is 0 Å². The van der Waals surface area contributed by atoms with Gasteiger partial charge in [0, 0.05) is 6.54 Å². The van der Waals surface area contributed by atoms with Crippen LogP contribution in [-0.4, -0.2) is 69.0 Å². The molecule has 0 unspecified atom stereocenters. The van der Waals surface area contributed by atoms with E-state index in [0.29, 0.717) is 6.54 Å². The van der Waals surface area contributed by atoms with Crippen LogP contribution in [0, 0.1) is 0 Å². The highest BCUT2D eigenvalue weighted by Crippen LogP contribution is 2.26. The maximum Gasteiger partial charge on any atom is 0.255 e. The minimum absolute atomic E-state index is 0.408. The molecule has 1 fully saturated rings. The highest BCUT2D eigenvalue weighted by Gasteiger charge is 2.52. The number of unbranched alkanes of at least 4 members (excludes halogenated alkanes) is 9. The van der Waals surface area contributed by atoms with Gasteiger partial charge in [0.05, 0.1) is 6.61 Å². The lowest BCUT2D eigenvalue weighted by molar-refractivity contribution is -0.361. The summed E-state index contributed by atoms with van der Waals surface area (Å²) in [5.41, 5.74) is 0. The van der Waals surface area contributed by atoms with Crippen molar-refractivity contribution in [3.63, 3.8) is 0 Å². The largest absolute Gasteiger partial charge is 0.394 e. The summed E-state index contributed by atoms with van der Waals surface area (Å²) in [5, 5.41) is 51.5. The highest BCUT2D eigenvalue weighted by atomic mass is 16.7. The normalized spacial score (nSPS) is 32.9. The summed E-state index contributed by atoms with van der Waals surface area (Å²) < 4.78 is 5.14. The molecule has 0 bridgehead atoms. The van der Waals surface area contributed by atoms with Gasteiger partial charge in [0.15, 0.2) is 6.10 Å². The van der Waals surface area contributed by atoms with Crippen molar-refractivity contribution >= 4 is 0 Å². The van der Waals surface area contributed by atoms with Gasteiger partial charge in [0.2, 0.25) is 0 Å². The van der Waals surface area contributed by atoms with Gasteiger partial charge in [-0.1, -0.05) is 64.7 Å². The molecule has 1 aliphatic rings. The monoisotopic (exact) mass is 363 g/mol. The Bertz CT molecular complexity index is 344.